The second-order valence-corrected chi connectivity index (χ2v) is 5.32. The summed E-state index contributed by atoms with van der Waals surface area (Å²) in [6, 6.07) is 13.1. The van der Waals surface area contributed by atoms with Crippen molar-refractivity contribution >= 4 is 23.4 Å². The first-order valence-corrected chi connectivity index (χ1v) is 7.56. The van der Waals surface area contributed by atoms with E-state index in [1.807, 2.05) is 6.92 Å². The topological polar surface area (TPSA) is 38.3 Å². The van der Waals surface area contributed by atoms with Crippen molar-refractivity contribution in [3.63, 3.8) is 0 Å². The van der Waals surface area contributed by atoms with E-state index in [1.165, 1.54) is 0 Å². The molecule has 0 heterocycles. The number of rotatable bonds is 6. The van der Waals surface area contributed by atoms with Crippen molar-refractivity contribution < 1.29 is 18.3 Å². The Morgan fingerprint density at radius 3 is 2.50 bits per heavy atom. The number of nitrogens with one attached hydrogen (secondary N) is 1. The third-order valence-corrected chi connectivity index (χ3v) is 3.57. The summed E-state index contributed by atoms with van der Waals surface area (Å²) in [5.74, 6) is -2.22. The van der Waals surface area contributed by atoms with Crippen LogP contribution in [0.25, 0.3) is 0 Å². The Labute approximate surface area is 131 Å². The van der Waals surface area contributed by atoms with Crippen molar-refractivity contribution in [2.75, 3.05) is 11.9 Å². The van der Waals surface area contributed by atoms with E-state index in [0.29, 0.717) is 40.3 Å². The molecule has 0 aliphatic heterocycles. The molecule has 0 bridgehead atoms. The minimum atomic E-state index is -2.54. The third kappa shape index (κ3) is 4.46. The van der Waals surface area contributed by atoms with E-state index in [0.717, 1.165) is 0 Å². The van der Waals surface area contributed by atoms with Crippen molar-refractivity contribution in [1.29, 1.82) is 0 Å². The number of para-hydroxylation sites is 1. The fraction of sp³-hybridized carbons (Fsp3) is 0.188. The maximum atomic E-state index is 12.5. The quantitative estimate of drug-likeness (QED) is 0.786. The maximum Gasteiger partial charge on any atom is 0.288 e. The molecule has 0 spiro atoms. The highest BCUT2D eigenvalue weighted by atomic mass is 32.2. The highest BCUT2D eigenvalue weighted by Gasteiger charge is 2.12. The molecule has 6 heteroatoms. The van der Waals surface area contributed by atoms with Gasteiger partial charge in [0.25, 0.3) is 11.7 Å². The second kappa shape index (κ2) is 7.79. The highest BCUT2D eigenvalue weighted by Crippen LogP contribution is 2.31. The van der Waals surface area contributed by atoms with Crippen LogP contribution in [0.3, 0.4) is 0 Å². The average molecular weight is 323 g/mol. The van der Waals surface area contributed by atoms with Crippen molar-refractivity contribution in [1.82, 2.24) is 0 Å². The van der Waals surface area contributed by atoms with E-state index < -0.39 is 5.76 Å². The Morgan fingerprint density at radius 2 is 1.86 bits per heavy atom. The Balaban J connectivity index is 2.11. The number of halogens is 2. The fourth-order valence-corrected chi connectivity index (χ4v) is 2.43. The lowest BCUT2D eigenvalue weighted by molar-refractivity contribution is 0.102. The lowest BCUT2D eigenvalue weighted by Crippen LogP contribution is -2.12. The molecule has 0 unspecified atom stereocenters. The van der Waals surface area contributed by atoms with Crippen molar-refractivity contribution in [3.8, 4) is 5.75 Å². The summed E-state index contributed by atoms with van der Waals surface area (Å²) in [6.45, 7) is 2.42. The Bertz CT molecular complexity index is 632. The van der Waals surface area contributed by atoms with E-state index in [-0.39, 0.29) is 5.91 Å². The van der Waals surface area contributed by atoms with Crippen LogP contribution in [0.5, 0.6) is 5.75 Å². The van der Waals surface area contributed by atoms with Crippen LogP contribution in [0.1, 0.15) is 17.3 Å². The second-order valence-electron chi connectivity index (χ2n) is 4.29. The summed E-state index contributed by atoms with van der Waals surface area (Å²) in [7, 11) is 0. The van der Waals surface area contributed by atoms with Gasteiger partial charge in [0.1, 0.15) is 5.75 Å². The number of alkyl halides is 2. The van der Waals surface area contributed by atoms with Gasteiger partial charge in [-0.2, -0.15) is 8.78 Å². The van der Waals surface area contributed by atoms with Crippen molar-refractivity contribution in [3.05, 3.63) is 54.1 Å². The van der Waals surface area contributed by atoms with E-state index in [1.54, 1.807) is 48.5 Å². The molecule has 0 atom stereocenters. The summed E-state index contributed by atoms with van der Waals surface area (Å²) < 4.78 is 30.3. The number of ether oxygens (including phenoxy) is 1. The van der Waals surface area contributed by atoms with Crippen LogP contribution in [-0.2, 0) is 0 Å². The maximum absolute atomic E-state index is 12.5. The van der Waals surface area contributed by atoms with Crippen LogP contribution in [0.15, 0.2) is 53.4 Å². The van der Waals surface area contributed by atoms with Gasteiger partial charge in [0, 0.05) is 10.5 Å². The molecule has 0 aliphatic carbocycles. The third-order valence-electron chi connectivity index (χ3n) is 2.78. The summed E-state index contributed by atoms with van der Waals surface area (Å²) in [6.07, 6.45) is 0. The van der Waals surface area contributed by atoms with E-state index >= 15 is 0 Å². The van der Waals surface area contributed by atoms with Crippen LogP contribution < -0.4 is 10.1 Å². The minimum absolute atomic E-state index is 0.330. The number of hydrogen-bond donors (Lipinski definition) is 1. The molecule has 0 aromatic heterocycles. The summed E-state index contributed by atoms with van der Waals surface area (Å²) in [5.41, 5.74) is 0.798. The molecule has 0 saturated heterocycles. The predicted octanol–water partition coefficient (Wildman–Crippen LogP) is 4.65. The Hall–Kier alpha value is -2.08. The first-order valence-electron chi connectivity index (χ1n) is 6.68. The molecule has 22 heavy (non-hydrogen) atoms. The molecule has 0 saturated carbocycles. The number of anilines is 1. The van der Waals surface area contributed by atoms with Gasteiger partial charge in [0.2, 0.25) is 0 Å². The molecule has 1 N–H and O–H groups in total. The molecule has 0 radical (unpaired) electrons. The molecule has 1 amide bonds. The SMILES string of the molecule is CCOc1ccc(C(=O)Nc2ccccc2SC(F)F)cc1. The Morgan fingerprint density at radius 1 is 1.18 bits per heavy atom. The summed E-state index contributed by atoms with van der Waals surface area (Å²) in [4.78, 5) is 12.5. The zero-order chi connectivity index (χ0) is 15.9. The summed E-state index contributed by atoms with van der Waals surface area (Å²) >= 11 is 0.403. The van der Waals surface area contributed by atoms with Crippen LogP contribution >= 0.6 is 11.8 Å². The largest absolute Gasteiger partial charge is 0.494 e. The Kier molecular flexibility index (Phi) is 5.77. The first kappa shape index (κ1) is 16.3. The van der Waals surface area contributed by atoms with E-state index in [2.05, 4.69) is 5.32 Å². The normalized spacial score (nSPS) is 10.5. The smallest absolute Gasteiger partial charge is 0.288 e. The van der Waals surface area contributed by atoms with Crippen LogP contribution in [0.2, 0.25) is 0 Å². The lowest BCUT2D eigenvalue weighted by atomic mass is 10.2. The van der Waals surface area contributed by atoms with E-state index in [4.69, 9.17) is 4.74 Å². The molecule has 3 nitrogen and oxygen atoms in total. The number of benzene rings is 2. The van der Waals surface area contributed by atoms with E-state index in [9.17, 15) is 13.6 Å². The monoisotopic (exact) mass is 323 g/mol. The molecule has 2 aromatic rings. The van der Waals surface area contributed by atoms with Gasteiger partial charge in [-0.15, -0.1) is 0 Å². The number of carbonyl (C=O) groups is 1. The van der Waals surface area contributed by atoms with Gasteiger partial charge in [0.15, 0.2) is 0 Å². The van der Waals surface area contributed by atoms with Gasteiger partial charge in [-0.05, 0) is 43.3 Å². The average Bonchev–Trinajstić information content (AvgIpc) is 2.50. The fourth-order valence-electron chi connectivity index (χ4n) is 1.83. The minimum Gasteiger partial charge on any atom is -0.494 e. The van der Waals surface area contributed by atoms with Gasteiger partial charge in [0.05, 0.1) is 12.3 Å². The zero-order valence-corrected chi connectivity index (χ0v) is 12.7. The van der Waals surface area contributed by atoms with Gasteiger partial charge >= 0.3 is 0 Å². The lowest BCUT2D eigenvalue weighted by Gasteiger charge is -2.10. The van der Waals surface area contributed by atoms with Gasteiger partial charge in [-0.25, -0.2) is 0 Å². The highest BCUT2D eigenvalue weighted by molar-refractivity contribution is 7.99. The molecule has 0 aliphatic rings. The van der Waals surface area contributed by atoms with Crippen molar-refractivity contribution in [2.24, 2.45) is 0 Å². The van der Waals surface area contributed by atoms with Gasteiger partial charge in [-0.3, -0.25) is 4.79 Å². The van der Waals surface area contributed by atoms with Crippen LogP contribution in [0, 0.1) is 0 Å². The molecular formula is C16H15F2NO2S. The number of hydrogen-bond acceptors (Lipinski definition) is 3. The molecule has 0 fully saturated rings. The predicted molar refractivity (Wildman–Crippen MR) is 83.9 cm³/mol. The number of amides is 1. The molecule has 2 aromatic carbocycles. The summed E-state index contributed by atoms with van der Waals surface area (Å²) in [5, 5.41) is 2.65. The van der Waals surface area contributed by atoms with Gasteiger partial charge < -0.3 is 10.1 Å². The molecule has 116 valence electrons. The first-order chi connectivity index (χ1) is 10.6. The standard InChI is InChI=1S/C16H15F2NO2S/c1-2-21-12-9-7-11(8-10-12)15(20)19-13-5-3-4-6-14(13)22-16(17)18/h3-10,16H,2H2,1H3,(H,19,20). The number of thioether (sulfide) groups is 1. The molecule has 2 rings (SSSR count). The zero-order valence-electron chi connectivity index (χ0n) is 11.9. The van der Waals surface area contributed by atoms with Gasteiger partial charge in [-0.1, -0.05) is 23.9 Å². The van der Waals surface area contributed by atoms with Crippen LogP contribution in [0.4, 0.5) is 14.5 Å². The molecular weight excluding hydrogens is 308 g/mol. The van der Waals surface area contributed by atoms with Crippen molar-refractivity contribution in [2.45, 2.75) is 17.6 Å². The number of carbonyl (C=O) groups excluding carboxylic acids is 1. The van der Waals surface area contributed by atoms with Crippen LogP contribution in [-0.4, -0.2) is 18.3 Å².